The average Bonchev–Trinajstić information content (AvgIpc) is 2.17. The average molecular weight is 171 g/mol. The molecular formula is C8H17N3O. The van der Waals surface area contributed by atoms with Gasteiger partial charge in [-0.3, -0.25) is 0 Å². The summed E-state index contributed by atoms with van der Waals surface area (Å²) in [5.41, 5.74) is 5.52. The van der Waals surface area contributed by atoms with Gasteiger partial charge in [-0.2, -0.15) is 0 Å². The minimum absolute atomic E-state index is 0.290. The summed E-state index contributed by atoms with van der Waals surface area (Å²) in [6.45, 7) is 5.39. The predicted octanol–water partition coefficient (Wildman–Crippen LogP) is 0.465. The van der Waals surface area contributed by atoms with Crippen LogP contribution >= 0.6 is 0 Å². The van der Waals surface area contributed by atoms with Gasteiger partial charge in [0.2, 0.25) is 0 Å². The van der Waals surface area contributed by atoms with Gasteiger partial charge in [0.1, 0.15) is 5.84 Å². The molecule has 3 N–H and O–H groups in total. The SMILES string of the molecule is CCN1CCC(/C(N)=N/O)CC1. The van der Waals surface area contributed by atoms with Crippen LogP contribution in [0.4, 0.5) is 0 Å². The molecule has 1 aliphatic heterocycles. The van der Waals surface area contributed by atoms with Crippen molar-refractivity contribution in [3.05, 3.63) is 0 Å². The van der Waals surface area contributed by atoms with Gasteiger partial charge in [-0.1, -0.05) is 12.1 Å². The highest BCUT2D eigenvalue weighted by Gasteiger charge is 2.20. The highest BCUT2D eigenvalue weighted by atomic mass is 16.4. The van der Waals surface area contributed by atoms with E-state index < -0.39 is 0 Å². The van der Waals surface area contributed by atoms with Crippen LogP contribution in [-0.2, 0) is 0 Å². The number of hydrogen-bond acceptors (Lipinski definition) is 3. The van der Waals surface area contributed by atoms with Gasteiger partial charge in [0.25, 0.3) is 0 Å². The van der Waals surface area contributed by atoms with Gasteiger partial charge in [0.15, 0.2) is 0 Å². The number of rotatable bonds is 2. The zero-order chi connectivity index (χ0) is 8.97. The summed E-state index contributed by atoms with van der Waals surface area (Å²) in [5.74, 6) is 0.684. The van der Waals surface area contributed by atoms with Crippen LogP contribution in [0.15, 0.2) is 5.16 Å². The van der Waals surface area contributed by atoms with Crippen molar-refractivity contribution in [1.29, 1.82) is 0 Å². The first kappa shape index (κ1) is 9.32. The van der Waals surface area contributed by atoms with Crippen molar-refractivity contribution >= 4 is 5.84 Å². The Balaban J connectivity index is 2.36. The van der Waals surface area contributed by atoms with E-state index in [0.29, 0.717) is 5.84 Å². The lowest BCUT2D eigenvalue weighted by Gasteiger charge is -2.30. The maximum absolute atomic E-state index is 8.46. The first-order valence-electron chi connectivity index (χ1n) is 4.47. The van der Waals surface area contributed by atoms with Crippen molar-refractivity contribution < 1.29 is 5.21 Å². The Morgan fingerprint density at radius 2 is 2.17 bits per heavy atom. The zero-order valence-corrected chi connectivity index (χ0v) is 7.53. The standard InChI is InChI=1S/C8H17N3O/c1-2-11-5-3-7(4-6-11)8(9)10-12/h7,12H,2-6H2,1H3,(H2,9,10). The number of oxime groups is 1. The largest absolute Gasteiger partial charge is 0.409 e. The number of piperidine rings is 1. The second kappa shape index (κ2) is 4.30. The summed E-state index contributed by atoms with van der Waals surface area (Å²) in [6, 6.07) is 0. The van der Waals surface area contributed by atoms with Crippen molar-refractivity contribution in [2.75, 3.05) is 19.6 Å². The third kappa shape index (κ3) is 2.11. The monoisotopic (exact) mass is 171 g/mol. The van der Waals surface area contributed by atoms with Gasteiger partial charge in [-0.15, -0.1) is 0 Å². The molecule has 4 nitrogen and oxygen atoms in total. The number of nitrogens with two attached hydrogens (primary N) is 1. The third-order valence-corrected chi connectivity index (χ3v) is 2.57. The molecule has 0 aliphatic carbocycles. The molecule has 1 aliphatic rings. The van der Waals surface area contributed by atoms with Crippen LogP contribution in [0.5, 0.6) is 0 Å². The maximum Gasteiger partial charge on any atom is 0.142 e. The Bertz CT molecular complexity index is 162. The van der Waals surface area contributed by atoms with Crippen LogP contribution in [0, 0.1) is 5.92 Å². The van der Waals surface area contributed by atoms with Crippen molar-refractivity contribution in [1.82, 2.24) is 4.90 Å². The van der Waals surface area contributed by atoms with Crippen LogP contribution < -0.4 is 5.73 Å². The number of hydrogen-bond donors (Lipinski definition) is 2. The molecule has 12 heavy (non-hydrogen) atoms. The quantitative estimate of drug-likeness (QED) is 0.275. The molecule has 1 rings (SSSR count). The van der Waals surface area contributed by atoms with Crippen LogP contribution in [0.3, 0.4) is 0 Å². The fourth-order valence-corrected chi connectivity index (χ4v) is 1.63. The molecule has 0 amide bonds. The van der Waals surface area contributed by atoms with Crippen LogP contribution in [-0.4, -0.2) is 35.6 Å². The minimum Gasteiger partial charge on any atom is -0.409 e. The molecule has 4 heteroatoms. The van der Waals surface area contributed by atoms with E-state index in [-0.39, 0.29) is 5.92 Å². The van der Waals surface area contributed by atoms with Gasteiger partial charge in [-0.25, -0.2) is 0 Å². The van der Waals surface area contributed by atoms with E-state index in [0.717, 1.165) is 32.5 Å². The molecule has 1 saturated heterocycles. The second-order valence-electron chi connectivity index (χ2n) is 3.23. The van der Waals surface area contributed by atoms with Gasteiger partial charge in [0, 0.05) is 5.92 Å². The Labute approximate surface area is 73.0 Å². The lowest BCUT2D eigenvalue weighted by atomic mass is 9.96. The maximum atomic E-state index is 8.46. The van der Waals surface area contributed by atoms with Crippen molar-refractivity contribution in [2.24, 2.45) is 16.8 Å². The molecule has 0 spiro atoms. The third-order valence-electron chi connectivity index (χ3n) is 2.57. The van der Waals surface area contributed by atoms with E-state index in [2.05, 4.69) is 17.0 Å². The van der Waals surface area contributed by atoms with E-state index in [1.54, 1.807) is 0 Å². The molecule has 0 aromatic rings. The fourth-order valence-electron chi connectivity index (χ4n) is 1.63. The highest BCUT2D eigenvalue weighted by Crippen LogP contribution is 2.16. The lowest BCUT2D eigenvalue weighted by Crippen LogP contribution is -2.38. The number of amidine groups is 1. The first-order chi connectivity index (χ1) is 5.77. The Morgan fingerprint density at radius 1 is 1.58 bits per heavy atom. The molecule has 0 atom stereocenters. The zero-order valence-electron chi connectivity index (χ0n) is 7.53. The summed E-state index contributed by atoms with van der Waals surface area (Å²) in [5, 5.41) is 11.5. The molecule has 1 heterocycles. The molecule has 0 unspecified atom stereocenters. The van der Waals surface area contributed by atoms with E-state index >= 15 is 0 Å². The summed E-state index contributed by atoms with van der Waals surface area (Å²) in [4.78, 5) is 2.38. The van der Waals surface area contributed by atoms with E-state index in [1.165, 1.54) is 0 Å². The Hall–Kier alpha value is -0.770. The number of nitrogens with zero attached hydrogens (tertiary/aromatic N) is 2. The fraction of sp³-hybridized carbons (Fsp3) is 0.875. The molecule has 1 fully saturated rings. The summed E-state index contributed by atoms with van der Waals surface area (Å²) in [6.07, 6.45) is 2.04. The molecule has 0 bridgehead atoms. The summed E-state index contributed by atoms with van der Waals surface area (Å²) < 4.78 is 0. The number of likely N-dealkylation sites (tertiary alicyclic amines) is 1. The van der Waals surface area contributed by atoms with Crippen LogP contribution in [0.1, 0.15) is 19.8 Å². The molecule has 70 valence electrons. The second-order valence-corrected chi connectivity index (χ2v) is 3.23. The van der Waals surface area contributed by atoms with E-state index in [9.17, 15) is 0 Å². The van der Waals surface area contributed by atoms with Gasteiger partial charge < -0.3 is 15.8 Å². The lowest BCUT2D eigenvalue weighted by molar-refractivity contribution is 0.215. The van der Waals surface area contributed by atoms with Crippen LogP contribution in [0.2, 0.25) is 0 Å². The molecular weight excluding hydrogens is 154 g/mol. The summed E-state index contributed by atoms with van der Waals surface area (Å²) in [7, 11) is 0. The Morgan fingerprint density at radius 3 is 2.58 bits per heavy atom. The van der Waals surface area contributed by atoms with Crippen molar-refractivity contribution in [3.63, 3.8) is 0 Å². The van der Waals surface area contributed by atoms with Crippen molar-refractivity contribution in [2.45, 2.75) is 19.8 Å². The topological polar surface area (TPSA) is 61.8 Å². The predicted molar refractivity (Wildman–Crippen MR) is 48.2 cm³/mol. The van der Waals surface area contributed by atoms with E-state index in [4.69, 9.17) is 10.9 Å². The minimum atomic E-state index is 0.290. The summed E-state index contributed by atoms with van der Waals surface area (Å²) >= 11 is 0. The van der Waals surface area contributed by atoms with Gasteiger partial charge in [0.05, 0.1) is 0 Å². The normalized spacial score (nSPS) is 22.9. The van der Waals surface area contributed by atoms with E-state index in [1.807, 2.05) is 0 Å². The Kier molecular flexibility index (Phi) is 3.34. The van der Waals surface area contributed by atoms with Crippen LogP contribution in [0.25, 0.3) is 0 Å². The first-order valence-corrected chi connectivity index (χ1v) is 4.47. The molecule has 0 saturated carbocycles. The molecule has 0 aromatic carbocycles. The molecule has 0 aromatic heterocycles. The van der Waals surface area contributed by atoms with Gasteiger partial charge >= 0.3 is 0 Å². The highest BCUT2D eigenvalue weighted by molar-refractivity contribution is 5.82. The van der Waals surface area contributed by atoms with Gasteiger partial charge in [-0.05, 0) is 32.5 Å². The molecule has 0 radical (unpaired) electrons. The van der Waals surface area contributed by atoms with Crippen molar-refractivity contribution in [3.8, 4) is 0 Å². The smallest absolute Gasteiger partial charge is 0.142 e.